The van der Waals surface area contributed by atoms with Gasteiger partial charge in [0, 0.05) is 32.4 Å². The summed E-state index contributed by atoms with van der Waals surface area (Å²) in [6.45, 7) is 6.35. The number of benzene rings is 1. The van der Waals surface area contributed by atoms with E-state index in [9.17, 15) is 4.79 Å². The van der Waals surface area contributed by atoms with Crippen molar-refractivity contribution in [1.29, 1.82) is 0 Å². The fourth-order valence-electron chi connectivity index (χ4n) is 3.02. The van der Waals surface area contributed by atoms with Crippen LogP contribution in [0.25, 0.3) is 0 Å². The van der Waals surface area contributed by atoms with E-state index in [0.29, 0.717) is 29.6 Å². The van der Waals surface area contributed by atoms with Crippen LogP contribution in [-0.2, 0) is 4.74 Å². The van der Waals surface area contributed by atoms with Crippen molar-refractivity contribution in [2.45, 2.75) is 19.3 Å². The molecule has 1 heterocycles. The molecule has 0 N–H and O–H groups in total. The van der Waals surface area contributed by atoms with Crippen LogP contribution in [0.3, 0.4) is 0 Å². The number of carbonyl (C=O) groups is 1. The van der Waals surface area contributed by atoms with Gasteiger partial charge >= 0.3 is 0 Å². The average molecular weight is 333 g/mol. The minimum absolute atomic E-state index is 0.0432. The van der Waals surface area contributed by atoms with Gasteiger partial charge in [0.05, 0.1) is 7.11 Å². The van der Waals surface area contributed by atoms with Crippen LogP contribution in [0.2, 0.25) is 0 Å². The minimum Gasteiger partial charge on any atom is -0.493 e. The molecule has 1 aromatic rings. The van der Waals surface area contributed by atoms with E-state index in [1.54, 1.807) is 38.5 Å². The first kappa shape index (κ1) is 18.3. The van der Waals surface area contributed by atoms with Gasteiger partial charge in [0.1, 0.15) is 6.61 Å². The van der Waals surface area contributed by atoms with Gasteiger partial charge in [-0.1, -0.05) is 12.7 Å². The van der Waals surface area contributed by atoms with Crippen LogP contribution < -0.4 is 9.47 Å². The topological polar surface area (TPSA) is 48.0 Å². The van der Waals surface area contributed by atoms with E-state index < -0.39 is 0 Å². The molecular weight excluding hydrogens is 306 g/mol. The predicted molar refractivity (Wildman–Crippen MR) is 93.8 cm³/mol. The summed E-state index contributed by atoms with van der Waals surface area (Å²) < 4.78 is 16.1. The molecular formula is C19H27NO4. The Kier molecular flexibility index (Phi) is 7.12. The molecule has 0 radical (unpaired) electrons. The molecule has 0 spiro atoms. The molecule has 5 nitrogen and oxygen atoms in total. The Hall–Kier alpha value is -2.01. The molecule has 0 aromatic heterocycles. The number of nitrogens with zero attached hydrogens (tertiary/aromatic N) is 1. The standard InChI is InChI=1S/C19H27NO4/c1-4-12-24-17-8-7-16(13-18(17)23-3)19(21)20-10-5-6-15(9-11-20)14-22-2/h4,7-8,13,15H,1,5-6,9-12,14H2,2-3H3. The second kappa shape index (κ2) is 9.33. The molecule has 1 saturated heterocycles. The van der Waals surface area contributed by atoms with Crippen molar-refractivity contribution in [3.63, 3.8) is 0 Å². The minimum atomic E-state index is 0.0432. The van der Waals surface area contributed by atoms with E-state index in [2.05, 4.69) is 6.58 Å². The molecule has 2 rings (SSSR count). The molecule has 1 fully saturated rings. The lowest BCUT2D eigenvalue weighted by Crippen LogP contribution is -2.32. The first-order valence-corrected chi connectivity index (χ1v) is 8.39. The number of likely N-dealkylation sites (tertiary alicyclic amines) is 1. The molecule has 1 unspecified atom stereocenters. The molecule has 5 heteroatoms. The van der Waals surface area contributed by atoms with E-state index in [4.69, 9.17) is 14.2 Å². The van der Waals surface area contributed by atoms with Crippen molar-refractivity contribution in [3.05, 3.63) is 36.4 Å². The van der Waals surface area contributed by atoms with Crippen molar-refractivity contribution in [2.24, 2.45) is 5.92 Å². The quantitative estimate of drug-likeness (QED) is 0.719. The SMILES string of the molecule is C=CCOc1ccc(C(=O)N2CCCC(COC)CC2)cc1OC. The van der Waals surface area contributed by atoms with Gasteiger partial charge in [0.15, 0.2) is 11.5 Å². The number of hydrogen-bond donors (Lipinski definition) is 0. The Bertz CT molecular complexity index is 558. The van der Waals surface area contributed by atoms with E-state index in [-0.39, 0.29) is 5.91 Å². The molecule has 0 aliphatic carbocycles. The summed E-state index contributed by atoms with van der Waals surface area (Å²) in [4.78, 5) is 14.7. The fraction of sp³-hybridized carbons (Fsp3) is 0.526. The highest BCUT2D eigenvalue weighted by molar-refractivity contribution is 5.95. The Balaban J connectivity index is 2.07. The molecule has 0 saturated carbocycles. The van der Waals surface area contributed by atoms with Crippen molar-refractivity contribution >= 4 is 5.91 Å². The van der Waals surface area contributed by atoms with Crippen molar-refractivity contribution in [2.75, 3.05) is 40.5 Å². The first-order valence-electron chi connectivity index (χ1n) is 8.39. The number of methoxy groups -OCH3 is 2. The van der Waals surface area contributed by atoms with Crippen molar-refractivity contribution < 1.29 is 19.0 Å². The van der Waals surface area contributed by atoms with Crippen LogP contribution in [0.15, 0.2) is 30.9 Å². The lowest BCUT2D eigenvalue weighted by Gasteiger charge is -2.21. The van der Waals surface area contributed by atoms with Gasteiger partial charge in [-0.25, -0.2) is 0 Å². The summed E-state index contributed by atoms with van der Waals surface area (Å²) in [5, 5.41) is 0. The third-order valence-electron chi connectivity index (χ3n) is 4.30. The van der Waals surface area contributed by atoms with E-state index in [0.717, 1.165) is 39.0 Å². The highest BCUT2D eigenvalue weighted by atomic mass is 16.5. The van der Waals surface area contributed by atoms with Crippen LogP contribution in [0.5, 0.6) is 11.5 Å². The molecule has 24 heavy (non-hydrogen) atoms. The first-order chi connectivity index (χ1) is 11.7. The lowest BCUT2D eigenvalue weighted by atomic mass is 10.0. The Morgan fingerprint density at radius 2 is 2.12 bits per heavy atom. The molecule has 1 aliphatic heterocycles. The normalized spacial score (nSPS) is 17.9. The average Bonchev–Trinajstić information content (AvgIpc) is 2.85. The summed E-state index contributed by atoms with van der Waals surface area (Å²) in [7, 11) is 3.31. The summed E-state index contributed by atoms with van der Waals surface area (Å²) in [6.07, 6.45) is 4.77. The second-order valence-electron chi connectivity index (χ2n) is 6.01. The third kappa shape index (κ3) is 4.74. The number of hydrogen-bond acceptors (Lipinski definition) is 4. The van der Waals surface area contributed by atoms with Crippen LogP contribution in [0, 0.1) is 5.92 Å². The van der Waals surface area contributed by atoms with Crippen molar-refractivity contribution in [3.8, 4) is 11.5 Å². The summed E-state index contributed by atoms with van der Waals surface area (Å²) in [5.41, 5.74) is 0.628. The molecule has 0 bridgehead atoms. The zero-order chi connectivity index (χ0) is 17.4. The monoisotopic (exact) mass is 333 g/mol. The number of amides is 1. The van der Waals surface area contributed by atoms with Crippen LogP contribution in [0.1, 0.15) is 29.6 Å². The van der Waals surface area contributed by atoms with Gasteiger partial charge < -0.3 is 19.1 Å². The largest absolute Gasteiger partial charge is 0.493 e. The fourth-order valence-corrected chi connectivity index (χ4v) is 3.02. The maximum Gasteiger partial charge on any atom is 0.253 e. The maximum absolute atomic E-state index is 12.8. The van der Waals surface area contributed by atoms with E-state index in [1.165, 1.54) is 0 Å². The summed E-state index contributed by atoms with van der Waals surface area (Å²) in [5.74, 6) is 1.76. The summed E-state index contributed by atoms with van der Waals surface area (Å²) in [6, 6.07) is 5.32. The number of rotatable bonds is 7. The van der Waals surface area contributed by atoms with Crippen LogP contribution in [0.4, 0.5) is 0 Å². The number of ether oxygens (including phenoxy) is 3. The highest BCUT2D eigenvalue weighted by Crippen LogP contribution is 2.29. The molecule has 1 aliphatic rings. The number of carbonyl (C=O) groups excluding carboxylic acids is 1. The van der Waals surface area contributed by atoms with Gasteiger partial charge in [0.2, 0.25) is 0 Å². The van der Waals surface area contributed by atoms with Gasteiger partial charge in [-0.3, -0.25) is 4.79 Å². The van der Waals surface area contributed by atoms with Gasteiger partial charge in [0.25, 0.3) is 5.91 Å². The van der Waals surface area contributed by atoms with Crippen LogP contribution in [-0.4, -0.2) is 51.3 Å². The molecule has 1 amide bonds. The van der Waals surface area contributed by atoms with E-state index in [1.807, 2.05) is 4.90 Å². The molecule has 1 aromatic carbocycles. The van der Waals surface area contributed by atoms with Gasteiger partial charge in [-0.2, -0.15) is 0 Å². The predicted octanol–water partition coefficient (Wildman–Crippen LogP) is 3.15. The Labute approximate surface area is 144 Å². The van der Waals surface area contributed by atoms with E-state index >= 15 is 0 Å². The smallest absolute Gasteiger partial charge is 0.253 e. The van der Waals surface area contributed by atoms with Gasteiger partial charge in [-0.15, -0.1) is 0 Å². The third-order valence-corrected chi connectivity index (χ3v) is 4.30. The lowest BCUT2D eigenvalue weighted by molar-refractivity contribution is 0.0755. The maximum atomic E-state index is 12.8. The Morgan fingerprint density at radius 3 is 2.83 bits per heavy atom. The summed E-state index contributed by atoms with van der Waals surface area (Å²) >= 11 is 0. The highest BCUT2D eigenvalue weighted by Gasteiger charge is 2.22. The van der Waals surface area contributed by atoms with Gasteiger partial charge in [-0.05, 0) is 43.4 Å². The zero-order valence-corrected chi connectivity index (χ0v) is 14.6. The molecule has 132 valence electrons. The van der Waals surface area contributed by atoms with Crippen molar-refractivity contribution in [1.82, 2.24) is 4.90 Å². The zero-order valence-electron chi connectivity index (χ0n) is 14.6. The van der Waals surface area contributed by atoms with Crippen LogP contribution >= 0.6 is 0 Å². The Morgan fingerprint density at radius 1 is 1.29 bits per heavy atom. The molecule has 1 atom stereocenters. The second-order valence-corrected chi connectivity index (χ2v) is 6.01.